The maximum atomic E-state index is 11.4. The normalized spacial score (nSPS) is 9.21. The number of esters is 3. The number of rotatable bonds is 11. The number of carboxylic acid groups (broad SMARTS) is 1. The summed E-state index contributed by atoms with van der Waals surface area (Å²) in [6, 6.07) is 20.0. The van der Waals surface area contributed by atoms with Gasteiger partial charge in [-0.2, -0.15) is 7.11 Å². The van der Waals surface area contributed by atoms with E-state index in [1.807, 2.05) is 0 Å². The molecule has 29 heteroatoms. The van der Waals surface area contributed by atoms with Crippen molar-refractivity contribution in [2.75, 3.05) is 63.4 Å². The number of nitrogens with two attached hydrogens (primary N) is 2. The molecule has 6 rings (SSSR count). The van der Waals surface area contributed by atoms with Gasteiger partial charge in [0.25, 0.3) is 0 Å². The van der Waals surface area contributed by atoms with Crippen LogP contribution in [-0.4, -0.2) is 114 Å². The van der Waals surface area contributed by atoms with E-state index >= 15 is 0 Å². The van der Waals surface area contributed by atoms with E-state index in [0.29, 0.717) is 77.1 Å². The summed E-state index contributed by atoms with van der Waals surface area (Å²) in [7, 11) is 10.5. The van der Waals surface area contributed by atoms with Gasteiger partial charge in [0, 0.05) is 32.3 Å². The number of hydrogen-bond donors (Lipinski definition) is 5. The van der Waals surface area contributed by atoms with Gasteiger partial charge in [-0.3, -0.25) is 9.59 Å². The Balaban J connectivity index is -0.000000408. The second kappa shape index (κ2) is 40.5. The molecule has 0 atom stereocenters. The standard InChI is InChI=1S/C11H10ClN3O3.C11H10ClNO3.C10H8ClNO3.C8H7ClO2.C3H7NO2.CH3O.Li.H2N2.Na.H2O/c1-17-10-7(4-3-5-8(10)12)6-9(14-15-13)11(16)18-2;1-15-10-6-5-9(11(14)16-2)13-8(6)4-3-7(10)12;1-15-9-5-4-8(10(13)14)12-7(5)3-2-6(9)11;1-11-8-6(5-10)3-2-4-7(8)9;1-6-3(5)2-4;1-2;;1-2;;/h3-6H,1-2H3;3-5,13H,1-2H3;2-4,12H,1H3,(H,13,14);2-5H,1H3;2,4H2,1H3;1H3;;1H2;;1H2/q;;;;;-1;+1;;+1;/p-1/b9-6-;;;;;;;;;. The fourth-order valence-corrected chi connectivity index (χ4v) is 6.25. The number of carbonyl (C=O) groups excluding carboxylic acids is 4. The molecule has 0 saturated heterocycles. The van der Waals surface area contributed by atoms with E-state index < -0.39 is 17.9 Å². The van der Waals surface area contributed by atoms with Gasteiger partial charge in [-0.05, 0) is 66.2 Å². The van der Waals surface area contributed by atoms with E-state index in [1.54, 1.807) is 66.7 Å². The monoisotopic (exact) mass is 1100 g/mol. The summed E-state index contributed by atoms with van der Waals surface area (Å²) in [5.41, 5.74) is 26.0. The molecule has 23 nitrogen and oxygen atoms in total. The van der Waals surface area contributed by atoms with Crippen molar-refractivity contribution in [3.8, 4) is 23.0 Å². The number of para-hydroxylation sites is 2. The van der Waals surface area contributed by atoms with E-state index in [1.165, 1.54) is 61.9 Å². The molecule has 73 heavy (non-hydrogen) atoms. The van der Waals surface area contributed by atoms with Gasteiger partial charge in [-0.1, -0.05) is 69.7 Å². The first kappa shape index (κ1) is 73.5. The SMILES string of the molecule is COC(=O)/C(=C/c1cccc(Cl)c1OC)N=[N+]=[N-].COC(=O)CN.COC(=O)c1cc2c(OC)c(Cl)ccc2[nH]1.COc1c(Cl)ccc2[nH]c(C(=O)O)cc12.COc1c(Cl)cccc1C=O.C[O-].[Li+].[N-]=[NH2+].[Na+].[OH-]. The van der Waals surface area contributed by atoms with Crippen LogP contribution in [0.1, 0.15) is 36.9 Å². The predicted molar refractivity (Wildman–Crippen MR) is 263 cm³/mol. The quantitative estimate of drug-likeness (QED) is 0.0178. The zero-order valence-electron chi connectivity index (χ0n) is 40.9. The Morgan fingerprint density at radius 1 is 0.699 bits per heavy atom. The van der Waals surface area contributed by atoms with Gasteiger partial charge in [0.1, 0.15) is 40.1 Å². The molecule has 0 unspecified atom stereocenters. The third-order valence-electron chi connectivity index (χ3n) is 8.22. The molecule has 6 aromatic rings. The predicted octanol–water partition coefficient (Wildman–Crippen LogP) is 1.17. The Kier molecular flexibility index (Phi) is 40.8. The fourth-order valence-electron chi connectivity index (χ4n) is 5.25. The Hall–Kier alpha value is -6.00. The van der Waals surface area contributed by atoms with E-state index in [2.05, 4.69) is 39.7 Å². The average molecular weight is 1100 g/mol. The van der Waals surface area contributed by atoms with Crippen LogP contribution in [0.4, 0.5) is 0 Å². The Bertz CT molecular complexity index is 2770. The molecule has 0 aliphatic carbocycles. The smallest absolute Gasteiger partial charge is 0.870 e. The third kappa shape index (κ3) is 22.8. The number of fused-ring (bicyclic) bond motifs is 2. The number of hydrogen-bond acceptors (Lipinski definition) is 16. The van der Waals surface area contributed by atoms with E-state index in [-0.39, 0.29) is 77.8 Å². The maximum absolute atomic E-state index is 11.4. The van der Waals surface area contributed by atoms with Gasteiger partial charge in [0.15, 0.2) is 6.29 Å². The number of azide groups is 1. The van der Waals surface area contributed by atoms with Gasteiger partial charge in [0.05, 0.1) is 82.0 Å². The molecule has 0 saturated carbocycles. The van der Waals surface area contributed by atoms with Gasteiger partial charge in [-0.25, -0.2) is 14.4 Å². The van der Waals surface area contributed by atoms with Gasteiger partial charge < -0.3 is 75.6 Å². The zero-order chi connectivity index (χ0) is 53.5. The maximum Gasteiger partial charge on any atom is 1.00 e. The van der Waals surface area contributed by atoms with Crippen LogP contribution >= 0.6 is 46.4 Å². The second-order valence-electron chi connectivity index (χ2n) is 12.1. The molecule has 2 aromatic heterocycles. The largest absolute Gasteiger partial charge is 1.00 e. The van der Waals surface area contributed by atoms with Crippen LogP contribution in [-0.2, 0) is 23.8 Å². The minimum Gasteiger partial charge on any atom is -0.870 e. The number of carboxylic acids is 1. The van der Waals surface area contributed by atoms with Crippen molar-refractivity contribution in [2.45, 2.75) is 0 Å². The van der Waals surface area contributed by atoms with Crippen LogP contribution in [0, 0.1) is 0 Å². The number of benzene rings is 4. The fraction of sp³-hybridized carbons (Fsp3) is 0.205. The molecule has 0 radical (unpaired) electrons. The van der Waals surface area contributed by atoms with E-state index in [9.17, 15) is 24.0 Å². The first-order valence-corrected chi connectivity index (χ1v) is 20.5. The first-order valence-electron chi connectivity index (χ1n) is 19.0. The van der Waals surface area contributed by atoms with Crippen molar-refractivity contribution in [1.82, 2.24) is 9.97 Å². The summed E-state index contributed by atoms with van der Waals surface area (Å²) in [4.78, 5) is 61.9. The molecule has 0 aliphatic heterocycles. The number of aldehydes is 1. The minimum absolute atomic E-state index is 0. The average Bonchev–Trinajstić information content (AvgIpc) is 4.03. The van der Waals surface area contributed by atoms with Crippen molar-refractivity contribution in [2.24, 2.45) is 10.8 Å². The summed E-state index contributed by atoms with van der Waals surface area (Å²) in [6.07, 6.45) is 2.06. The molecule has 0 spiro atoms. The molecule has 2 heterocycles. The molecule has 384 valence electrons. The summed E-state index contributed by atoms with van der Waals surface area (Å²) < 4.78 is 33.6. The number of nitrogens with one attached hydrogen (secondary N) is 2. The molecule has 8 N–H and O–H groups in total. The van der Waals surface area contributed by atoms with E-state index in [4.69, 9.17) is 92.4 Å². The number of aromatic nitrogens is 2. The van der Waals surface area contributed by atoms with Crippen LogP contribution in [0.15, 0.2) is 83.6 Å². The molecule has 0 amide bonds. The number of aromatic carboxylic acids is 1. The Morgan fingerprint density at radius 2 is 1.11 bits per heavy atom. The molecule has 0 aliphatic rings. The van der Waals surface area contributed by atoms with Crippen molar-refractivity contribution >= 4 is 104 Å². The van der Waals surface area contributed by atoms with Crippen LogP contribution < -0.4 is 83.7 Å². The molecular formula is C44H48Cl4LiN8NaO15. The molecular weight excluding hydrogens is 1050 g/mol. The molecule has 4 aromatic carbocycles. The summed E-state index contributed by atoms with van der Waals surface area (Å²) in [5.74, 6) is -0.704. The third-order valence-corrected chi connectivity index (χ3v) is 9.41. The number of nitrogens with zero attached hydrogens (tertiary/aromatic N) is 4. The number of halogens is 4. The summed E-state index contributed by atoms with van der Waals surface area (Å²) >= 11 is 23.5. The number of carbonyl (C=O) groups is 5. The van der Waals surface area contributed by atoms with Crippen LogP contribution in [0.2, 0.25) is 20.1 Å². The Morgan fingerprint density at radius 3 is 1.45 bits per heavy atom. The van der Waals surface area contributed by atoms with Gasteiger partial charge in [-0.15, -0.1) is 0 Å². The number of aromatic amines is 2. The van der Waals surface area contributed by atoms with Crippen LogP contribution in [0.25, 0.3) is 43.9 Å². The van der Waals surface area contributed by atoms with Crippen LogP contribution in [0.5, 0.6) is 23.0 Å². The van der Waals surface area contributed by atoms with Gasteiger partial charge >= 0.3 is 72.3 Å². The first-order chi connectivity index (χ1) is 33.5. The molecule has 0 fully saturated rings. The summed E-state index contributed by atoms with van der Waals surface area (Å²) in [6.45, 7) is -0.0312. The Labute approximate surface area is 472 Å². The zero-order valence-corrected chi connectivity index (χ0v) is 46.0. The summed E-state index contributed by atoms with van der Waals surface area (Å²) in [5, 5.41) is 23.6. The van der Waals surface area contributed by atoms with Crippen molar-refractivity contribution < 1.29 is 127 Å². The minimum atomic E-state index is -1.01. The number of H-pyrrole nitrogens is 2. The van der Waals surface area contributed by atoms with Crippen LogP contribution in [0.3, 0.4) is 0 Å². The van der Waals surface area contributed by atoms with Crippen molar-refractivity contribution in [3.63, 3.8) is 0 Å². The van der Waals surface area contributed by atoms with Gasteiger partial charge in [0.2, 0.25) is 0 Å². The van der Waals surface area contributed by atoms with E-state index in [0.717, 1.165) is 18.0 Å². The second-order valence-corrected chi connectivity index (χ2v) is 13.7. The number of methoxy groups -OCH3 is 7. The molecule has 0 bridgehead atoms. The van der Waals surface area contributed by atoms with Crippen molar-refractivity contribution in [3.05, 3.63) is 137 Å². The number of ether oxygens (including phenoxy) is 7. The van der Waals surface area contributed by atoms with Crippen molar-refractivity contribution in [1.29, 1.82) is 0 Å². The topological polar surface area (TPSA) is 377 Å².